The highest BCUT2D eigenvalue weighted by Crippen LogP contribution is 2.31. The van der Waals surface area contributed by atoms with Crippen LogP contribution in [0.5, 0.6) is 11.5 Å². The van der Waals surface area contributed by atoms with Crippen LogP contribution in [0.3, 0.4) is 0 Å². The molecule has 0 saturated carbocycles. The molecule has 0 atom stereocenters. The van der Waals surface area contributed by atoms with E-state index in [-0.39, 0.29) is 0 Å². The Bertz CT molecular complexity index is 821. The maximum absolute atomic E-state index is 5.73. The fourth-order valence-electron chi connectivity index (χ4n) is 2.66. The number of hydrogen-bond donors (Lipinski definition) is 1. The largest absolute Gasteiger partial charge is 0.490 e. The highest BCUT2D eigenvalue weighted by Gasteiger charge is 2.13. The summed E-state index contributed by atoms with van der Waals surface area (Å²) < 4.78 is 14.3. The first kappa shape index (κ1) is 14.3. The third-order valence-electron chi connectivity index (χ3n) is 3.80. The number of aromatic nitrogens is 3. The molecule has 3 aromatic rings. The zero-order valence-corrected chi connectivity index (χ0v) is 13.9. The van der Waals surface area contributed by atoms with Gasteiger partial charge in [-0.2, -0.15) is 5.10 Å². The molecule has 4 rings (SSSR count). The van der Waals surface area contributed by atoms with Gasteiger partial charge in [0.15, 0.2) is 22.3 Å². The van der Waals surface area contributed by atoms with Crippen molar-refractivity contribution in [2.45, 2.75) is 19.9 Å². The predicted octanol–water partition coefficient (Wildman–Crippen LogP) is 3.11. The molecule has 23 heavy (non-hydrogen) atoms. The van der Waals surface area contributed by atoms with Crippen molar-refractivity contribution >= 4 is 26.8 Å². The maximum Gasteiger partial charge on any atom is 0.185 e. The summed E-state index contributed by atoms with van der Waals surface area (Å²) in [5.74, 6) is 1.65. The van der Waals surface area contributed by atoms with Crippen molar-refractivity contribution in [3.05, 3.63) is 29.5 Å². The van der Waals surface area contributed by atoms with E-state index in [4.69, 9.17) is 9.47 Å². The maximum atomic E-state index is 5.73. The Hall–Kier alpha value is -2.28. The number of thiazole rings is 1. The molecule has 7 heteroatoms. The number of aryl methyl sites for hydroxylation is 2. The number of rotatable bonds is 3. The Morgan fingerprint density at radius 3 is 2.91 bits per heavy atom. The topological polar surface area (TPSA) is 61.2 Å². The van der Waals surface area contributed by atoms with E-state index in [1.54, 1.807) is 11.3 Å². The number of ether oxygens (including phenoxy) is 2. The summed E-state index contributed by atoms with van der Waals surface area (Å²) in [7, 11) is 1.92. The van der Waals surface area contributed by atoms with E-state index in [1.165, 1.54) is 0 Å². The van der Waals surface area contributed by atoms with Crippen LogP contribution in [-0.4, -0.2) is 28.0 Å². The fourth-order valence-corrected chi connectivity index (χ4v) is 3.58. The van der Waals surface area contributed by atoms with E-state index in [0.717, 1.165) is 44.7 Å². The highest BCUT2D eigenvalue weighted by molar-refractivity contribution is 7.22. The summed E-state index contributed by atoms with van der Waals surface area (Å²) in [4.78, 5) is 4.60. The molecule has 0 amide bonds. The van der Waals surface area contributed by atoms with E-state index in [2.05, 4.69) is 21.5 Å². The predicted molar refractivity (Wildman–Crippen MR) is 90.5 cm³/mol. The molecule has 3 heterocycles. The van der Waals surface area contributed by atoms with Gasteiger partial charge in [-0.15, -0.1) is 0 Å². The van der Waals surface area contributed by atoms with Gasteiger partial charge < -0.3 is 14.8 Å². The zero-order valence-electron chi connectivity index (χ0n) is 13.1. The summed E-state index contributed by atoms with van der Waals surface area (Å²) in [5.41, 5.74) is 3.08. The number of hydrogen-bond acceptors (Lipinski definition) is 6. The lowest BCUT2D eigenvalue weighted by Gasteiger charge is -2.09. The molecule has 120 valence electrons. The summed E-state index contributed by atoms with van der Waals surface area (Å²) in [5, 5.41) is 8.66. The summed E-state index contributed by atoms with van der Waals surface area (Å²) in [6.45, 7) is 4.12. The molecule has 1 aromatic carbocycles. The number of nitrogens with one attached hydrogen (secondary N) is 1. The standard InChI is InChI=1S/C16H18N4O2S/c1-10-14-15(20(2)19-10)18-16(23-14)17-9-11-4-5-12-13(8-11)22-7-3-6-21-12/h4-5,8H,3,6-7,9H2,1-2H3,(H,17,18). The molecule has 6 nitrogen and oxygen atoms in total. The van der Waals surface area contributed by atoms with Crippen LogP contribution < -0.4 is 14.8 Å². The number of anilines is 1. The van der Waals surface area contributed by atoms with Crippen LogP contribution in [-0.2, 0) is 13.6 Å². The SMILES string of the molecule is Cc1nn(C)c2nc(NCc3ccc4c(c3)OCCCO4)sc12. The first-order chi connectivity index (χ1) is 11.2. The van der Waals surface area contributed by atoms with Crippen LogP contribution in [0.25, 0.3) is 10.3 Å². The quantitative estimate of drug-likeness (QED) is 0.799. The Morgan fingerprint density at radius 2 is 2.09 bits per heavy atom. The van der Waals surface area contributed by atoms with Gasteiger partial charge in [0.25, 0.3) is 0 Å². The number of nitrogens with zero attached hydrogens (tertiary/aromatic N) is 3. The first-order valence-corrected chi connectivity index (χ1v) is 8.45. The molecule has 0 bridgehead atoms. The zero-order chi connectivity index (χ0) is 15.8. The van der Waals surface area contributed by atoms with Crippen molar-refractivity contribution in [2.75, 3.05) is 18.5 Å². The van der Waals surface area contributed by atoms with Crippen molar-refractivity contribution in [1.29, 1.82) is 0 Å². The van der Waals surface area contributed by atoms with Crippen molar-refractivity contribution in [1.82, 2.24) is 14.8 Å². The molecule has 0 radical (unpaired) electrons. The average molecular weight is 330 g/mol. The van der Waals surface area contributed by atoms with Crippen LogP contribution in [0, 0.1) is 6.92 Å². The van der Waals surface area contributed by atoms with Crippen LogP contribution in [0.4, 0.5) is 5.13 Å². The van der Waals surface area contributed by atoms with Crippen LogP contribution in [0.1, 0.15) is 17.7 Å². The molecule has 1 aliphatic rings. The van der Waals surface area contributed by atoms with Crippen LogP contribution in [0.2, 0.25) is 0 Å². The molecule has 0 unspecified atom stereocenters. The van der Waals surface area contributed by atoms with Crippen molar-refractivity contribution in [3.8, 4) is 11.5 Å². The van der Waals surface area contributed by atoms with Gasteiger partial charge in [-0.05, 0) is 24.6 Å². The second-order valence-corrected chi connectivity index (χ2v) is 6.56. The van der Waals surface area contributed by atoms with E-state index < -0.39 is 0 Å². The molecule has 2 aromatic heterocycles. The first-order valence-electron chi connectivity index (χ1n) is 7.63. The Morgan fingerprint density at radius 1 is 1.26 bits per heavy atom. The molecule has 0 aliphatic carbocycles. The van der Waals surface area contributed by atoms with Gasteiger partial charge in [0, 0.05) is 20.0 Å². The van der Waals surface area contributed by atoms with E-state index in [1.807, 2.05) is 30.8 Å². The van der Waals surface area contributed by atoms with Gasteiger partial charge in [0.05, 0.1) is 23.6 Å². The number of fused-ring (bicyclic) bond motifs is 2. The van der Waals surface area contributed by atoms with E-state index >= 15 is 0 Å². The third-order valence-corrected chi connectivity index (χ3v) is 4.91. The van der Waals surface area contributed by atoms with Crippen molar-refractivity contribution in [3.63, 3.8) is 0 Å². The van der Waals surface area contributed by atoms with Crippen LogP contribution in [0.15, 0.2) is 18.2 Å². The van der Waals surface area contributed by atoms with Gasteiger partial charge >= 0.3 is 0 Å². The summed E-state index contributed by atoms with van der Waals surface area (Å²) in [6.07, 6.45) is 0.918. The fraction of sp³-hybridized carbons (Fsp3) is 0.375. The lowest BCUT2D eigenvalue weighted by molar-refractivity contribution is 0.297. The second-order valence-electron chi connectivity index (χ2n) is 5.57. The van der Waals surface area contributed by atoms with Crippen molar-refractivity contribution in [2.24, 2.45) is 7.05 Å². The molecule has 0 saturated heterocycles. The van der Waals surface area contributed by atoms with Crippen LogP contribution >= 0.6 is 11.3 Å². The Labute approximate surface area is 138 Å². The van der Waals surface area contributed by atoms with Gasteiger partial charge in [-0.25, -0.2) is 9.67 Å². The molecular weight excluding hydrogens is 312 g/mol. The molecule has 0 fully saturated rings. The van der Waals surface area contributed by atoms with Gasteiger partial charge in [0.1, 0.15) is 0 Å². The van der Waals surface area contributed by atoms with E-state index in [9.17, 15) is 0 Å². The normalized spacial score (nSPS) is 14.0. The number of benzene rings is 1. The average Bonchev–Trinajstić information content (AvgIpc) is 2.98. The van der Waals surface area contributed by atoms with Gasteiger partial charge in [0.2, 0.25) is 0 Å². The second kappa shape index (κ2) is 5.73. The minimum atomic E-state index is 0.697. The van der Waals surface area contributed by atoms with Gasteiger partial charge in [-0.3, -0.25) is 0 Å². The van der Waals surface area contributed by atoms with Crippen molar-refractivity contribution < 1.29 is 9.47 Å². The third kappa shape index (κ3) is 2.72. The Kier molecular flexibility index (Phi) is 3.57. The summed E-state index contributed by atoms with van der Waals surface area (Å²) >= 11 is 1.63. The lowest BCUT2D eigenvalue weighted by atomic mass is 10.2. The molecular formula is C16H18N4O2S. The van der Waals surface area contributed by atoms with Gasteiger partial charge in [-0.1, -0.05) is 17.4 Å². The lowest BCUT2D eigenvalue weighted by Crippen LogP contribution is -2.01. The molecule has 0 spiro atoms. The molecule has 1 N–H and O–H groups in total. The Balaban J connectivity index is 1.51. The van der Waals surface area contributed by atoms with E-state index in [0.29, 0.717) is 19.8 Å². The molecule has 1 aliphatic heterocycles. The minimum absolute atomic E-state index is 0.697. The highest BCUT2D eigenvalue weighted by atomic mass is 32.1. The monoisotopic (exact) mass is 330 g/mol. The minimum Gasteiger partial charge on any atom is -0.490 e. The summed E-state index contributed by atoms with van der Waals surface area (Å²) in [6, 6.07) is 6.07. The smallest absolute Gasteiger partial charge is 0.185 e.